The molecule has 0 fully saturated rings. The van der Waals surface area contributed by atoms with Gasteiger partial charge in [0.15, 0.2) is 0 Å². The number of carbonyl (C=O) groups is 2. The van der Waals surface area contributed by atoms with Crippen LogP contribution in [0.25, 0.3) is 0 Å². The van der Waals surface area contributed by atoms with Crippen molar-refractivity contribution < 1.29 is 14.3 Å². The zero-order valence-electron chi connectivity index (χ0n) is 9.36. The Bertz CT molecular complexity index is 390. The third-order valence-electron chi connectivity index (χ3n) is 2.03. The summed E-state index contributed by atoms with van der Waals surface area (Å²) in [6, 6.07) is 3.49. The molecule has 16 heavy (non-hydrogen) atoms. The molecule has 0 aromatic carbocycles. The van der Waals surface area contributed by atoms with E-state index in [2.05, 4.69) is 4.74 Å². The lowest BCUT2D eigenvalue weighted by Gasteiger charge is -2.02. The zero-order valence-corrected chi connectivity index (χ0v) is 10.2. The summed E-state index contributed by atoms with van der Waals surface area (Å²) in [7, 11) is 1.28. The van der Waals surface area contributed by atoms with Crippen LogP contribution in [-0.2, 0) is 9.53 Å². The van der Waals surface area contributed by atoms with Crippen LogP contribution < -0.4 is 0 Å². The number of carbonyl (C=O) groups excluding carboxylic acids is 2. The molecule has 0 bridgehead atoms. The van der Waals surface area contributed by atoms with Gasteiger partial charge in [0.25, 0.3) is 0 Å². The summed E-state index contributed by atoms with van der Waals surface area (Å²) in [5, 5.41) is 1.81. The molecule has 4 heteroatoms. The summed E-state index contributed by atoms with van der Waals surface area (Å²) in [5.74, 6) is -0.817. The van der Waals surface area contributed by atoms with Crippen molar-refractivity contribution in [2.75, 3.05) is 7.11 Å². The van der Waals surface area contributed by atoms with Crippen molar-refractivity contribution in [3.8, 4) is 0 Å². The average Bonchev–Trinajstić information content (AvgIpc) is 2.82. The largest absolute Gasteiger partial charge is 0.465 e. The first-order valence-electron chi connectivity index (χ1n) is 5.07. The van der Waals surface area contributed by atoms with Gasteiger partial charge in [-0.05, 0) is 17.9 Å². The van der Waals surface area contributed by atoms with Gasteiger partial charge in [-0.25, -0.2) is 4.79 Å². The molecular weight excluding hydrogens is 224 g/mol. The summed E-state index contributed by atoms with van der Waals surface area (Å²) in [5.41, 5.74) is 0.131. The molecule has 1 aromatic rings. The van der Waals surface area contributed by atoms with Gasteiger partial charge in [0.1, 0.15) is 5.57 Å². The number of hydrogen-bond donors (Lipinski definition) is 0. The van der Waals surface area contributed by atoms with E-state index in [0.29, 0.717) is 11.3 Å². The van der Waals surface area contributed by atoms with Crippen molar-refractivity contribution in [2.45, 2.75) is 19.8 Å². The Labute approximate surface area is 98.7 Å². The third-order valence-corrected chi connectivity index (χ3v) is 2.90. The van der Waals surface area contributed by atoms with E-state index in [1.807, 2.05) is 12.3 Å². The number of methoxy groups -OCH3 is 1. The van der Waals surface area contributed by atoms with E-state index < -0.39 is 5.97 Å². The first kappa shape index (κ1) is 12.6. The lowest BCUT2D eigenvalue weighted by Crippen LogP contribution is -2.13. The number of ether oxygens (including phenoxy) is 1. The number of esters is 1. The van der Waals surface area contributed by atoms with Crippen LogP contribution in [0.4, 0.5) is 0 Å². The maximum absolute atomic E-state index is 12.0. The highest BCUT2D eigenvalue weighted by Crippen LogP contribution is 2.16. The molecular formula is C12H14O3S. The summed E-state index contributed by atoms with van der Waals surface area (Å²) < 4.78 is 4.61. The Morgan fingerprint density at radius 1 is 1.50 bits per heavy atom. The predicted octanol–water partition coefficient (Wildman–Crippen LogP) is 2.83. The number of Topliss-reactive ketones (excluding diaryl/α,β-unsaturated/α-hetero) is 1. The molecule has 0 unspecified atom stereocenters. The van der Waals surface area contributed by atoms with E-state index in [-0.39, 0.29) is 11.4 Å². The minimum absolute atomic E-state index is 0.131. The molecule has 1 heterocycles. The molecule has 86 valence electrons. The normalized spacial score (nSPS) is 11.2. The molecule has 0 spiro atoms. The predicted molar refractivity (Wildman–Crippen MR) is 63.7 cm³/mol. The maximum atomic E-state index is 12.0. The monoisotopic (exact) mass is 238 g/mol. The molecule has 0 atom stereocenters. The van der Waals surface area contributed by atoms with Gasteiger partial charge in [0.2, 0.25) is 5.78 Å². The van der Waals surface area contributed by atoms with Crippen LogP contribution in [0.1, 0.15) is 29.4 Å². The summed E-state index contributed by atoms with van der Waals surface area (Å²) in [6.45, 7) is 1.99. The summed E-state index contributed by atoms with van der Waals surface area (Å²) >= 11 is 1.32. The molecule has 0 radical (unpaired) electrons. The molecule has 0 N–H and O–H groups in total. The highest BCUT2D eigenvalue weighted by molar-refractivity contribution is 7.12. The van der Waals surface area contributed by atoms with E-state index in [4.69, 9.17) is 0 Å². The Kier molecular flexibility index (Phi) is 4.92. The third kappa shape index (κ3) is 3.03. The van der Waals surface area contributed by atoms with Gasteiger partial charge >= 0.3 is 5.97 Å². The van der Waals surface area contributed by atoms with E-state index in [9.17, 15) is 9.59 Å². The fourth-order valence-corrected chi connectivity index (χ4v) is 1.89. The zero-order chi connectivity index (χ0) is 12.0. The number of hydrogen-bond acceptors (Lipinski definition) is 4. The Morgan fingerprint density at radius 3 is 2.75 bits per heavy atom. The Morgan fingerprint density at radius 2 is 2.25 bits per heavy atom. The van der Waals surface area contributed by atoms with Crippen molar-refractivity contribution in [1.82, 2.24) is 0 Å². The molecule has 0 aliphatic rings. The van der Waals surface area contributed by atoms with Crippen LogP contribution in [0.2, 0.25) is 0 Å². The summed E-state index contributed by atoms with van der Waals surface area (Å²) in [4.78, 5) is 24.0. The Hall–Kier alpha value is -1.42. The number of thiophene rings is 1. The Balaban J connectivity index is 2.93. The second kappa shape index (κ2) is 6.23. The second-order valence-electron chi connectivity index (χ2n) is 3.20. The number of rotatable bonds is 5. The van der Waals surface area contributed by atoms with Crippen molar-refractivity contribution >= 4 is 23.1 Å². The maximum Gasteiger partial charge on any atom is 0.341 e. The van der Waals surface area contributed by atoms with E-state index in [0.717, 1.165) is 6.42 Å². The van der Waals surface area contributed by atoms with Gasteiger partial charge in [0, 0.05) is 0 Å². The van der Waals surface area contributed by atoms with Crippen molar-refractivity contribution in [3.05, 3.63) is 34.0 Å². The summed E-state index contributed by atoms with van der Waals surface area (Å²) in [6.07, 6.45) is 3.23. The lowest BCUT2D eigenvalue weighted by atomic mass is 10.1. The molecule has 0 amide bonds. The number of unbranched alkanes of at least 4 members (excludes halogenated alkanes) is 1. The topological polar surface area (TPSA) is 43.4 Å². The van der Waals surface area contributed by atoms with E-state index in [1.54, 1.807) is 18.2 Å². The van der Waals surface area contributed by atoms with Crippen LogP contribution in [0.15, 0.2) is 29.2 Å². The SMILES string of the molecule is CCC/C=C(\C(=O)OC)C(=O)c1cccs1. The van der Waals surface area contributed by atoms with Gasteiger partial charge in [0.05, 0.1) is 12.0 Å². The molecule has 1 rings (SSSR count). The minimum Gasteiger partial charge on any atom is -0.465 e. The van der Waals surface area contributed by atoms with Crippen LogP contribution in [0, 0.1) is 0 Å². The van der Waals surface area contributed by atoms with Gasteiger partial charge in [-0.15, -0.1) is 11.3 Å². The standard InChI is InChI=1S/C12H14O3S/c1-3-4-6-9(12(14)15-2)11(13)10-7-5-8-16-10/h5-8H,3-4H2,1-2H3/b9-6-. The molecule has 1 aromatic heterocycles. The fraction of sp³-hybridized carbons (Fsp3) is 0.333. The smallest absolute Gasteiger partial charge is 0.341 e. The lowest BCUT2D eigenvalue weighted by molar-refractivity contribution is -0.135. The van der Waals surface area contributed by atoms with Crippen molar-refractivity contribution in [2.24, 2.45) is 0 Å². The molecule has 0 saturated heterocycles. The first-order chi connectivity index (χ1) is 7.70. The highest BCUT2D eigenvalue weighted by Gasteiger charge is 2.20. The van der Waals surface area contributed by atoms with Crippen LogP contribution in [0.3, 0.4) is 0 Å². The highest BCUT2D eigenvalue weighted by atomic mass is 32.1. The van der Waals surface area contributed by atoms with Crippen LogP contribution >= 0.6 is 11.3 Å². The minimum atomic E-state index is -0.563. The van der Waals surface area contributed by atoms with Crippen molar-refractivity contribution in [3.63, 3.8) is 0 Å². The van der Waals surface area contributed by atoms with Gasteiger partial charge < -0.3 is 4.74 Å². The van der Waals surface area contributed by atoms with E-state index >= 15 is 0 Å². The number of allylic oxidation sites excluding steroid dienone is 1. The van der Waals surface area contributed by atoms with Crippen LogP contribution in [-0.4, -0.2) is 18.9 Å². The van der Waals surface area contributed by atoms with Gasteiger partial charge in [-0.2, -0.15) is 0 Å². The van der Waals surface area contributed by atoms with Gasteiger partial charge in [-0.3, -0.25) is 4.79 Å². The second-order valence-corrected chi connectivity index (χ2v) is 4.15. The molecule has 0 saturated carbocycles. The molecule has 3 nitrogen and oxygen atoms in total. The van der Waals surface area contributed by atoms with Crippen molar-refractivity contribution in [1.29, 1.82) is 0 Å². The average molecular weight is 238 g/mol. The quantitative estimate of drug-likeness (QED) is 0.260. The van der Waals surface area contributed by atoms with E-state index in [1.165, 1.54) is 18.4 Å². The molecule has 0 aliphatic heterocycles. The fourth-order valence-electron chi connectivity index (χ4n) is 1.21. The van der Waals surface area contributed by atoms with Crippen LogP contribution in [0.5, 0.6) is 0 Å². The number of ketones is 1. The molecule has 0 aliphatic carbocycles. The van der Waals surface area contributed by atoms with Gasteiger partial charge in [-0.1, -0.05) is 25.5 Å². The first-order valence-corrected chi connectivity index (χ1v) is 5.95.